The fourth-order valence-corrected chi connectivity index (χ4v) is 3.33. The first-order valence-electron chi connectivity index (χ1n) is 10.6. The van der Waals surface area contributed by atoms with E-state index in [9.17, 15) is 9.59 Å². The van der Waals surface area contributed by atoms with Gasteiger partial charge in [0.15, 0.2) is 0 Å². The second-order valence-corrected chi connectivity index (χ2v) is 7.86. The molecule has 9 nitrogen and oxygen atoms in total. The van der Waals surface area contributed by atoms with Crippen LogP contribution in [0.3, 0.4) is 0 Å². The molecule has 0 radical (unpaired) electrons. The van der Waals surface area contributed by atoms with Crippen molar-refractivity contribution in [2.75, 3.05) is 25.0 Å². The molecular formula is C23H27ClN6O3. The van der Waals surface area contributed by atoms with Gasteiger partial charge in [-0.05, 0) is 42.7 Å². The van der Waals surface area contributed by atoms with Crippen LogP contribution in [-0.2, 0) is 9.53 Å². The summed E-state index contributed by atoms with van der Waals surface area (Å²) < 4.78 is 5.16. The first-order valence-corrected chi connectivity index (χ1v) is 11.0. The fraction of sp³-hybridized carbons (Fsp3) is 0.304. The summed E-state index contributed by atoms with van der Waals surface area (Å²) in [5, 5.41) is 6.55. The predicted octanol–water partition coefficient (Wildman–Crippen LogP) is 3.23. The van der Waals surface area contributed by atoms with E-state index in [-0.39, 0.29) is 19.1 Å². The quantitative estimate of drug-likeness (QED) is 0.334. The van der Waals surface area contributed by atoms with E-state index in [1.54, 1.807) is 42.7 Å². The Morgan fingerprint density at radius 3 is 2.85 bits per heavy atom. The zero-order valence-electron chi connectivity index (χ0n) is 18.5. The van der Waals surface area contributed by atoms with Gasteiger partial charge in [0.2, 0.25) is 5.95 Å². The summed E-state index contributed by atoms with van der Waals surface area (Å²) in [5.41, 5.74) is 8.72. The van der Waals surface area contributed by atoms with Crippen LogP contribution in [0.1, 0.15) is 41.0 Å². The number of benzene rings is 1. The van der Waals surface area contributed by atoms with E-state index in [1.165, 1.54) is 0 Å². The van der Waals surface area contributed by atoms with E-state index >= 15 is 0 Å². The number of halogens is 1. The van der Waals surface area contributed by atoms with E-state index in [0.717, 1.165) is 29.8 Å². The molecule has 5 N–H and O–H groups in total. The summed E-state index contributed by atoms with van der Waals surface area (Å²) in [7, 11) is 0. The largest absolute Gasteiger partial charge is 0.462 e. The minimum absolute atomic E-state index is 0.0762. The number of aromatic nitrogens is 3. The van der Waals surface area contributed by atoms with Crippen LogP contribution in [-0.4, -0.2) is 46.5 Å². The van der Waals surface area contributed by atoms with Crippen LogP contribution in [0.25, 0.3) is 11.3 Å². The highest BCUT2D eigenvalue weighted by Crippen LogP contribution is 2.24. The van der Waals surface area contributed by atoms with Crippen LogP contribution < -0.4 is 16.4 Å². The maximum atomic E-state index is 13.0. The van der Waals surface area contributed by atoms with Crippen LogP contribution >= 0.6 is 11.6 Å². The highest BCUT2D eigenvalue weighted by atomic mass is 35.5. The number of hydrogen-bond acceptors (Lipinski definition) is 7. The Morgan fingerprint density at radius 1 is 1.30 bits per heavy atom. The third-order valence-electron chi connectivity index (χ3n) is 4.84. The number of hydrogen-bond donors (Lipinski definition) is 4. The molecule has 0 aliphatic rings. The van der Waals surface area contributed by atoms with Crippen LogP contribution in [0.15, 0.2) is 42.7 Å². The number of rotatable bonds is 10. The maximum absolute atomic E-state index is 13.0. The number of aromatic amines is 1. The van der Waals surface area contributed by atoms with Crippen molar-refractivity contribution in [1.82, 2.24) is 20.3 Å². The lowest BCUT2D eigenvalue weighted by atomic mass is 10.1. The first kappa shape index (κ1) is 24.2. The summed E-state index contributed by atoms with van der Waals surface area (Å²) in [6.07, 6.45) is 4.42. The molecule has 0 aliphatic heterocycles. The summed E-state index contributed by atoms with van der Waals surface area (Å²) in [5.74, 6) is -0.399. The second-order valence-electron chi connectivity index (χ2n) is 7.42. The molecule has 10 heteroatoms. The number of ether oxygens (including phenoxy) is 1. The molecule has 0 saturated heterocycles. The average Bonchev–Trinajstić information content (AvgIpc) is 3.31. The van der Waals surface area contributed by atoms with Gasteiger partial charge in [-0.3, -0.25) is 9.59 Å². The molecule has 1 aromatic carbocycles. The number of carbonyl (C=O) groups is 2. The van der Waals surface area contributed by atoms with Crippen molar-refractivity contribution in [3.05, 3.63) is 64.6 Å². The number of nitrogens with two attached hydrogens (primary N) is 1. The van der Waals surface area contributed by atoms with Gasteiger partial charge in [0.1, 0.15) is 12.3 Å². The number of H-pyrrole nitrogens is 1. The number of nitrogens with one attached hydrogen (secondary N) is 3. The van der Waals surface area contributed by atoms with E-state index in [1.807, 2.05) is 6.92 Å². The smallest absolute Gasteiger partial charge is 0.319 e. The third-order valence-corrected chi connectivity index (χ3v) is 5.08. The van der Waals surface area contributed by atoms with Crippen molar-refractivity contribution in [2.45, 2.75) is 26.3 Å². The summed E-state index contributed by atoms with van der Waals surface area (Å²) in [4.78, 5) is 36.4. The molecule has 1 amide bonds. The van der Waals surface area contributed by atoms with Gasteiger partial charge < -0.3 is 26.1 Å². The molecular weight excluding hydrogens is 444 g/mol. The lowest BCUT2D eigenvalue weighted by Crippen LogP contribution is -2.33. The van der Waals surface area contributed by atoms with Crippen LogP contribution in [0.5, 0.6) is 0 Å². The lowest BCUT2D eigenvalue weighted by Gasteiger charge is -2.19. The zero-order chi connectivity index (χ0) is 23.8. The Morgan fingerprint density at radius 2 is 2.12 bits per heavy atom. The molecule has 3 aromatic rings. The summed E-state index contributed by atoms with van der Waals surface area (Å²) >= 11 is 6.10. The Labute approximate surface area is 197 Å². The van der Waals surface area contributed by atoms with Gasteiger partial charge in [-0.1, -0.05) is 30.7 Å². The van der Waals surface area contributed by atoms with Gasteiger partial charge in [-0.15, -0.1) is 0 Å². The van der Waals surface area contributed by atoms with Gasteiger partial charge in [0.05, 0.1) is 18.3 Å². The van der Waals surface area contributed by atoms with Gasteiger partial charge in [-0.25, -0.2) is 9.97 Å². The van der Waals surface area contributed by atoms with Crippen molar-refractivity contribution in [3.63, 3.8) is 0 Å². The predicted molar refractivity (Wildman–Crippen MR) is 127 cm³/mol. The second kappa shape index (κ2) is 11.4. The molecule has 2 aromatic heterocycles. The molecule has 3 rings (SSSR count). The van der Waals surface area contributed by atoms with Crippen molar-refractivity contribution in [1.29, 1.82) is 0 Å². The Kier molecular flexibility index (Phi) is 8.39. The molecule has 174 valence electrons. The number of anilines is 1. The molecule has 0 unspecified atom stereocenters. The maximum Gasteiger partial charge on any atom is 0.319 e. The molecule has 0 saturated carbocycles. The fourth-order valence-electron chi connectivity index (χ4n) is 3.13. The highest BCUT2D eigenvalue weighted by Gasteiger charge is 2.20. The van der Waals surface area contributed by atoms with Crippen molar-refractivity contribution in [3.8, 4) is 11.3 Å². The summed E-state index contributed by atoms with van der Waals surface area (Å²) in [6.45, 7) is 4.42. The van der Waals surface area contributed by atoms with E-state index in [0.29, 0.717) is 22.2 Å². The molecule has 1 atom stereocenters. The van der Waals surface area contributed by atoms with E-state index in [2.05, 4.69) is 32.5 Å². The minimum Gasteiger partial charge on any atom is -0.462 e. The Hall–Kier alpha value is -3.43. The van der Waals surface area contributed by atoms with Gasteiger partial charge >= 0.3 is 5.97 Å². The molecule has 0 spiro atoms. The normalized spacial score (nSPS) is 11.6. The van der Waals surface area contributed by atoms with E-state index in [4.69, 9.17) is 22.1 Å². The van der Waals surface area contributed by atoms with Crippen molar-refractivity contribution >= 4 is 29.4 Å². The number of amides is 1. The van der Waals surface area contributed by atoms with Crippen molar-refractivity contribution < 1.29 is 14.3 Å². The highest BCUT2D eigenvalue weighted by molar-refractivity contribution is 6.30. The zero-order valence-corrected chi connectivity index (χ0v) is 19.3. The molecule has 0 aliphatic carbocycles. The van der Waals surface area contributed by atoms with Crippen molar-refractivity contribution in [2.24, 2.45) is 5.73 Å². The monoisotopic (exact) mass is 470 g/mol. The standard InChI is InChI=1S/C23H27ClN6O3/c1-3-7-26-23-28-11-14(2)21(30-23)16-9-18(27-12-16)22(32)29-19(13-33-20(31)10-25)15-5-4-6-17(24)8-15/h4-6,8-9,11-12,19,27H,3,7,10,13,25H2,1-2H3,(H,29,32)(H,26,28,30)/t19-/m1/s1. The van der Waals surface area contributed by atoms with Crippen LogP contribution in [0.2, 0.25) is 5.02 Å². The number of aryl methyl sites for hydroxylation is 1. The molecule has 33 heavy (non-hydrogen) atoms. The first-order chi connectivity index (χ1) is 15.9. The average molecular weight is 471 g/mol. The van der Waals surface area contributed by atoms with Gasteiger partial charge in [0, 0.05) is 29.5 Å². The molecule has 0 bridgehead atoms. The number of carbonyl (C=O) groups excluding carboxylic acids is 2. The van der Waals surface area contributed by atoms with Gasteiger partial charge in [-0.2, -0.15) is 0 Å². The number of nitrogens with zero attached hydrogens (tertiary/aromatic N) is 2. The molecule has 2 heterocycles. The minimum atomic E-state index is -0.607. The lowest BCUT2D eigenvalue weighted by molar-refractivity contribution is -0.142. The summed E-state index contributed by atoms with van der Waals surface area (Å²) in [6, 6.07) is 8.09. The van der Waals surface area contributed by atoms with E-state index < -0.39 is 12.0 Å². The van der Waals surface area contributed by atoms with Crippen LogP contribution in [0, 0.1) is 6.92 Å². The topological polar surface area (TPSA) is 135 Å². The molecule has 0 fully saturated rings. The Balaban J connectivity index is 1.79. The van der Waals surface area contributed by atoms with Gasteiger partial charge in [0.25, 0.3) is 5.91 Å². The Bertz CT molecular complexity index is 1120. The third kappa shape index (κ3) is 6.53. The number of esters is 1. The SMILES string of the molecule is CCCNc1ncc(C)c(-c2c[nH]c(C(=O)N[C@H](COC(=O)CN)c3cccc(Cl)c3)c2)n1. The van der Waals surface area contributed by atoms with Crippen LogP contribution in [0.4, 0.5) is 5.95 Å².